The molecule has 1 N–H and O–H groups in total. The molecule has 1 aliphatic rings. The summed E-state index contributed by atoms with van der Waals surface area (Å²) in [6.45, 7) is 8.98. The fraction of sp³-hybridized carbons (Fsp3) is 0.917. The fourth-order valence-electron chi connectivity index (χ4n) is 2.73. The lowest BCUT2D eigenvalue weighted by Gasteiger charge is -2.49. The van der Waals surface area contributed by atoms with Crippen molar-refractivity contribution in [3.05, 3.63) is 0 Å². The van der Waals surface area contributed by atoms with Gasteiger partial charge in [-0.05, 0) is 95.5 Å². The molecule has 0 aromatic heterocycles. The quantitative estimate of drug-likeness (QED) is 0.304. The molecule has 0 bridgehead atoms. The van der Waals surface area contributed by atoms with Crippen molar-refractivity contribution in [2.45, 2.75) is 57.2 Å². The van der Waals surface area contributed by atoms with E-state index in [9.17, 15) is 4.79 Å². The van der Waals surface area contributed by atoms with Gasteiger partial charge in [0.25, 0.3) is 0 Å². The first-order chi connectivity index (χ1) is 7.86. The third-order valence-electron chi connectivity index (χ3n) is 4.01. The Kier molecular flexibility index (Phi) is 5.68. The Morgan fingerprint density at radius 2 is 1.56 bits per heavy atom. The second-order valence-electron chi connectivity index (χ2n) is 6.33. The monoisotopic (exact) mass is 592 g/mol. The zero-order chi connectivity index (χ0) is 14.4. The Morgan fingerprint density at radius 3 is 1.89 bits per heavy atom. The third kappa shape index (κ3) is 4.31. The van der Waals surface area contributed by atoms with Crippen LogP contribution in [0, 0.1) is 0 Å². The molecule has 0 spiro atoms. The summed E-state index contributed by atoms with van der Waals surface area (Å²) in [4.78, 5) is 13.5. The Morgan fingerprint density at radius 1 is 1.17 bits per heavy atom. The predicted octanol–water partition coefficient (Wildman–Crippen LogP) is 2.72. The highest BCUT2D eigenvalue weighted by Gasteiger charge is 2.49. The summed E-state index contributed by atoms with van der Waals surface area (Å²) < 4.78 is 5.20. The van der Waals surface area contributed by atoms with Gasteiger partial charge in [0.05, 0.1) is 18.1 Å². The van der Waals surface area contributed by atoms with Crippen molar-refractivity contribution in [2.75, 3.05) is 7.05 Å². The van der Waals surface area contributed by atoms with Crippen molar-refractivity contribution in [3.63, 3.8) is 0 Å². The molecule has 18 heavy (non-hydrogen) atoms. The number of likely N-dealkylation sites (tertiary alicyclic amines) is 1. The molecule has 6 heteroatoms. The minimum absolute atomic E-state index is 0.0323. The van der Waals surface area contributed by atoms with Crippen LogP contribution in [0.5, 0.6) is 0 Å². The molecule has 106 valence electrons. The van der Waals surface area contributed by atoms with Gasteiger partial charge in [-0.25, -0.2) is 4.79 Å². The Balaban J connectivity index is 2.79. The highest BCUT2D eigenvalue weighted by Crippen LogP contribution is 2.38. The average molecular weight is 592 g/mol. The molecule has 1 rings (SSSR count). The van der Waals surface area contributed by atoms with Crippen molar-refractivity contribution >= 4 is 73.7 Å². The molecule has 0 amide bonds. The van der Waals surface area contributed by atoms with Gasteiger partial charge >= 0.3 is 5.97 Å². The first-order valence-electron chi connectivity index (χ1n) is 5.98. The van der Waals surface area contributed by atoms with E-state index in [0.29, 0.717) is 0 Å². The Labute approximate surface area is 151 Å². The topological polar surface area (TPSA) is 30.7 Å². The van der Waals surface area contributed by atoms with Crippen LogP contribution in [0.4, 0.5) is 0 Å². The standard InChI is InChI=1S/C12H20I3NO2/c1-10(2)6-8(7-11(3,4)16(10)5)18-9(17)12(13,14)15/h8H,6-7H2,1-5H3/p+1. The molecule has 1 saturated heterocycles. The van der Waals surface area contributed by atoms with Gasteiger partial charge in [0.2, 0.25) is -0.565 Å². The lowest BCUT2D eigenvalue weighted by Crippen LogP contribution is -3.24. The number of carbonyl (C=O) groups excluding carboxylic acids is 1. The highest BCUT2D eigenvalue weighted by molar-refractivity contribution is 14.3. The van der Waals surface area contributed by atoms with Crippen LogP contribution in [0.1, 0.15) is 40.5 Å². The number of ether oxygens (including phenoxy) is 1. The molecule has 0 saturated carbocycles. The fourth-order valence-corrected chi connectivity index (χ4v) is 3.12. The van der Waals surface area contributed by atoms with E-state index < -0.39 is -0.565 Å². The maximum Gasteiger partial charge on any atom is 0.342 e. The van der Waals surface area contributed by atoms with E-state index >= 15 is 0 Å². The lowest BCUT2D eigenvalue weighted by molar-refractivity contribution is -0.983. The zero-order valence-electron chi connectivity index (χ0n) is 11.4. The molecule has 1 fully saturated rings. The number of nitrogens with one attached hydrogen (secondary N) is 1. The molecular weight excluding hydrogens is 571 g/mol. The number of rotatable bonds is 2. The van der Waals surface area contributed by atoms with Gasteiger partial charge in [-0.3, -0.25) is 0 Å². The number of hydrogen-bond acceptors (Lipinski definition) is 2. The third-order valence-corrected chi connectivity index (χ3v) is 5.33. The van der Waals surface area contributed by atoms with E-state index in [1.54, 1.807) is 0 Å². The van der Waals surface area contributed by atoms with Crippen LogP contribution in [0.25, 0.3) is 0 Å². The molecule has 0 atom stereocenters. The number of hydrogen-bond donors (Lipinski definition) is 1. The number of halogens is 3. The highest BCUT2D eigenvalue weighted by atomic mass is 127. The van der Waals surface area contributed by atoms with E-state index in [4.69, 9.17) is 4.74 Å². The summed E-state index contributed by atoms with van der Waals surface area (Å²) in [5.41, 5.74) is 0.272. The van der Waals surface area contributed by atoms with Gasteiger partial charge in [0, 0.05) is 12.8 Å². The van der Waals surface area contributed by atoms with Gasteiger partial charge < -0.3 is 9.64 Å². The minimum atomic E-state index is -0.502. The lowest BCUT2D eigenvalue weighted by atomic mass is 9.79. The Hall–Kier alpha value is 1.62. The number of esters is 1. The largest absolute Gasteiger partial charge is 0.460 e. The van der Waals surface area contributed by atoms with Gasteiger partial charge in [0.15, 0.2) is 0 Å². The van der Waals surface area contributed by atoms with E-state index in [1.165, 1.54) is 4.90 Å². The van der Waals surface area contributed by atoms with Gasteiger partial charge in [-0.2, -0.15) is 0 Å². The van der Waals surface area contributed by atoms with Gasteiger partial charge in [0.1, 0.15) is 6.10 Å². The van der Waals surface area contributed by atoms with Crippen LogP contribution in [0.2, 0.25) is 0 Å². The maximum atomic E-state index is 12.0. The first-order valence-corrected chi connectivity index (χ1v) is 9.22. The molecule has 0 aromatic rings. The number of piperidine rings is 1. The number of alkyl halides is 3. The molecule has 0 unspecified atom stereocenters. The molecule has 0 aromatic carbocycles. The summed E-state index contributed by atoms with van der Waals surface area (Å²) in [6.07, 6.45) is 1.88. The van der Waals surface area contributed by atoms with Crippen LogP contribution in [0.3, 0.4) is 0 Å². The van der Waals surface area contributed by atoms with E-state index in [1.807, 2.05) is 0 Å². The van der Waals surface area contributed by atoms with Crippen LogP contribution in [-0.2, 0) is 9.53 Å². The molecule has 1 aliphatic heterocycles. The minimum Gasteiger partial charge on any atom is -0.460 e. The number of carbonyl (C=O) groups is 1. The van der Waals surface area contributed by atoms with E-state index in [0.717, 1.165) is 12.8 Å². The van der Waals surface area contributed by atoms with Crippen molar-refractivity contribution < 1.29 is 14.4 Å². The van der Waals surface area contributed by atoms with Crippen molar-refractivity contribution in [1.82, 2.24) is 0 Å². The summed E-state index contributed by atoms with van der Waals surface area (Å²) in [7, 11) is 2.23. The normalized spacial score (nSPS) is 30.9. The maximum absolute atomic E-state index is 12.0. The van der Waals surface area contributed by atoms with Crippen LogP contribution >= 0.6 is 67.8 Å². The van der Waals surface area contributed by atoms with Crippen LogP contribution in [-0.4, -0.2) is 29.6 Å². The SMILES string of the molecule is C[NH+]1C(C)(C)CC(OC(=O)C(I)(I)I)CC1(C)C. The van der Waals surface area contributed by atoms with Crippen molar-refractivity contribution in [1.29, 1.82) is 0 Å². The van der Waals surface area contributed by atoms with Crippen molar-refractivity contribution in [3.8, 4) is 0 Å². The van der Waals surface area contributed by atoms with E-state index in [2.05, 4.69) is 103 Å². The second kappa shape index (κ2) is 5.78. The predicted molar refractivity (Wildman–Crippen MR) is 98.9 cm³/mol. The van der Waals surface area contributed by atoms with Gasteiger partial charge in [-0.15, -0.1) is 0 Å². The summed E-state index contributed by atoms with van der Waals surface area (Å²) in [5.74, 6) is -0.125. The Bertz CT molecular complexity index is 319. The molecule has 3 nitrogen and oxygen atoms in total. The van der Waals surface area contributed by atoms with E-state index in [-0.39, 0.29) is 23.2 Å². The molecule has 1 heterocycles. The molecule has 0 aliphatic carbocycles. The zero-order valence-corrected chi connectivity index (χ0v) is 17.9. The molecular formula is C12H21I3NO2+. The first kappa shape index (κ1) is 17.7. The second-order valence-corrected chi connectivity index (χ2v) is 17.4. The smallest absolute Gasteiger partial charge is 0.342 e. The van der Waals surface area contributed by atoms with Crippen molar-refractivity contribution in [2.24, 2.45) is 0 Å². The molecule has 0 radical (unpaired) electrons. The summed E-state index contributed by atoms with van der Waals surface area (Å²) in [6, 6.07) is 0. The summed E-state index contributed by atoms with van der Waals surface area (Å²) >= 11 is 6.34. The summed E-state index contributed by atoms with van der Waals surface area (Å²) in [5, 5.41) is 0. The van der Waals surface area contributed by atoms with Crippen LogP contribution in [0.15, 0.2) is 0 Å². The average Bonchev–Trinajstić information content (AvgIpc) is 2.11. The van der Waals surface area contributed by atoms with Crippen LogP contribution < -0.4 is 4.90 Å². The number of quaternary nitrogens is 1. The van der Waals surface area contributed by atoms with Gasteiger partial charge in [-0.1, -0.05) is 0 Å².